The van der Waals surface area contributed by atoms with E-state index in [1.54, 1.807) is 0 Å². The maximum Gasteiger partial charge on any atom is 0.00399 e. The fraction of sp³-hybridized carbons (Fsp3) is 0.667. The van der Waals surface area contributed by atoms with E-state index in [4.69, 9.17) is 5.73 Å². The monoisotopic (exact) mass is 181 g/mol. The lowest BCUT2D eigenvalue weighted by molar-refractivity contribution is 0.648. The minimum absolute atomic E-state index is 0.607. The van der Waals surface area contributed by atoms with Gasteiger partial charge in [-0.25, -0.2) is 0 Å². The fourth-order valence-electron chi connectivity index (χ4n) is 1.20. The van der Waals surface area contributed by atoms with Gasteiger partial charge in [-0.05, 0) is 39.0 Å². The fourth-order valence-corrected chi connectivity index (χ4v) is 1.20. The highest BCUT2D eigenvalue weighted by Crippen LogP contribution is 2.10. The Morgan fingerprint density at radius 3 is 2.46 bits per heavy atom. The Kier molecular flexibility index (Phi) is 6.38. The van der Waals surface area contributed by atoms with Crippen molar-refractivity contribution in [1.82, 2.24) is 0 Å². The zero-order chi connectivity index (χ0) is 10.3. The Morgan fingerprint density at radius 1 is 1.38 bits per heavy atom. The average Bonchev–Trinajstić information content (AvgIpc) is 2.03. The highest BCUT2D eigenvalue weighted by Gasteiger charge is 1.97. The molecule has 76 valence electrons. The van der Waals surface area contributed by atoms with Crippen LogP contribution in [0.15, 0.2) is 23.4 Å². The predicted molar refractivity (Wildman–Crippen MR) is 60.4 cm³/mol. The SMILES string of the molecule is CC/C(N)=C\[C@H](C)CCC=C(C)C. The minimum Gasteiger partial charge on any atom is -0.402 e. The van der Waals surface area contributed by atoms with Gasteiger partial charge in [0.1, 0.15) is 0 Å². The molecule has 0 aliphatic carbocycles. The molecule has 1 atom stereocenters. The van der Waals surface area contributed by atoms with E-state index < -0.39 is 0 Å². The second kappa shape index (κ2) is 6.76. The molecule has 0 heterocycles. The van der Waals surface area contributed by atoms with Gasteiger partial charge in [0.05, 0.1) is 0 Å². The molecule has 0 amide bonds. The van der Waals surface area contributed by atoms with E-state index in [1.165, 1.54) is 12.0 Å². The van der Waals surface area contributed by atoms with E-state index in [0.717, 1.165) is 18.5 Å². The maximum atomic E-state index is 5.75. The lowest BCUT2D eigenvalue weighted by Crippen LogP contribution is -1.99. The average molecular weight is 181 g/mol. The van der Waals surface area contributed by atoms with Crippen molar-refractivity contribution >= 4 is 0 Å². The number of allylic oxidation sites excluding steroid dienone is 4. The number of rotatable bonds is 5. The highest BCUT2D eigenvalue weighted by molar-refractivity contribution is 4.99. The van der Waals surface area contributed by atoms with Crippen molar-refractivity contribution in [2.24, 2.45) is 11.7 Å². The molecular formula is C12H23N. The Morgan fingerprint density at radius 2 is 2.00 bits per heavy atom. The minimum atomic E-state index is 0.607. The van der Waals surface area contributed by atoms with Crippen molar-refractivity contribution in [2.45, 2.75) is 47.0 Å². The third-order valence-electron chi connectivity index (χ3n) is 2.08. The number of nitrogens with two attached hydrogens (primary N) is 1. The zero-order valence-corrected chi connectivity index (χ0v) is 9.43. The second-order valence-corrected chi connectivity index (χ2v) is 3.93. The van der Waals surface area contributed by atoms with Gasteiger partial charge in [-0.3, -0.25) is 0 Å². The molecule has 13 heavy (non-hydrogen) atoms. The van der Waals surface area contributed by atoms with Crippen molar-refractivity contribution in [2.75, 3.05) is 0 Å². The molecule has 0 aliphatic heterocycles. The predicted octanol–water partition coefficient (Wildman–Crippen LogP) is 3.62. The van der Waals surface area contributed by atoms with Gasteiger partial charge >= 0.3 is 0 Å². The van der Waals surface area contributed by atoms with Gasteiger partial charge in [-0.1, -0.05) is 31.6 Å². The molecule has 0 aliphatic rings. The summed E-state index contributed by atoms with van der Waals surface area (Å²) in [7, 11) is 0. The molecule has 0 saturated heterocycles. The van der Waals surface area contributed by atoms with Gasteiger partial charge in [-0.2, -0.15) is 0 Å². The van der Waals surface area contributed by atoms with Crippen LogP contribution in [0.2, 0.25) is 0 Å². The van der Waals surface area contributed by atoms with Crippen molar-refractivity contribution in [3.05, 3.63) is 23.4 Å². The molecule has 0 fully saturated rings. The summed E-state index contributed by atoms with van der Waals surface area (Å²) in [6.07, 6.45) is 7.79. The number of hydrogen-bond donors (Lipinski definition) is 1. The van der Waals surface area contributed by atoms with Crippen molar-refractivity contribution in [3.8, 4) is 0 Å². The summed E-state index contributed by atoms with van der Waals surface area (Å²) >= 11 is 0. The molecule has 1 heteroatoms. The van der Waals surface area contributed by atoms with Crippen LogP contribution in [-0.2, 0) is 0 Å². The van der Waals surface area contributed by atoms with Crippen molar-refractivity contribution in [1.29, 1.82) is 0 Å². The van der Waals surface area contributed by atoms with Crippen LogP contribution in [0.5, 0.6) is 0 Å². The summed E-state index contributed by atoms with van der Waals surface area (Å²) in [5.41, 5.74) is 8.17. The summed E-state index contributed by atoms with van der Waals surface area (Å²) in [5.74, 6) is 0.607. The first-order valence-corrected chi connectivity index (χ1v) is 5.15. The van der Waals surface area contributed by atoms with E-state index in [2.05, 4.69) is 39.8 Å². The lowest BCUT2D eigenvalue weighted by Gasteiger charge is -2.05. The summed E-state index contributed by atoms with van der Waals surface area (Å²) < 4.78 is 0. The summed E-state index contributed by atoms with van der Waals surface area (Å²) in [6, 6.07) is 0. The van der Waals surface area contributed by atoms with Crippen LogP contribution in [0.25, 0.3) is 0 Å². The maximum absolute atomic E-state index is 5.75. The summed E-state index contributed by atoms with van der Waals surface area (Å²) in [4.78, 5) is 0. The molecule has 0 rings (SSSR count). The van der Waals surface area contributed by atoms with Gasteiger partial charge in [0, 0.05) is 5.70 Å². The van der Waals surface area contributed by atoms with Crippen LogP contribution >= 0.6 is 0 Å². The third kappa shape index (κ3) is 7.63. The molecule has 2 N–H and O–H groups in total. The Labute approximate surface area is 82.7 Å². The van der Waals surface area contributed by atoms with Gasteiger partial charge < -0.3 is 5.73 Å². The van der Waals surface area contributed by atoms with Gasteiger partial charge in [-0.15, -0.1) is 0 Å². The highest BCUT2D eigenvalue weighted by atomic mass is 14.6. The first-order valence-electron chi connectivity index (χ1n) is 5.15. The largest absolute Gasteiger partial charge is 0.402 e. The molecule has 0 spiro atoms. The number of hydrogen-bond acceptors (Lipinski definition) is 1. The molecule has 1 nitrogen and oxygen atoms in total. The van der Waals surface area contributed by atoms with Gasteiger partial charge in [0.2, 0.25) is 0 Å². The van der Waals surface area contributed by atoms with Gasteiger partial charge in [0.15, 0.2) is 0 Å². The van der Waals surface area contributed by atoms with E-state index >= 15 is 0 Å². The van der Waals surface area contributed by atoms with Crippen molar-refractivity contribution < 1.29 is 0 Å². The Hall–Kier alpha value is -0.720. The molecule has 0 aromatic heterocycles. The van der Waals surface area contributed by atoms with E-state index in [0.29, 0.717) is 5.92 Å². The summed E-state index contributed by atoms with van der Waals surface area (Å²) in [6.45, 7) is 8.60. The molecule has 0 unspecified atom stereocenters. The smallest absolute Gasteiger partial charge is 0.00399 e. The van der Waals surface area contributed by atoms with E-state index in [-0.39, 0.29) is 0 Å². The summed E-state index contributed by atoms with van der Waals surface area (Å²) in [5, 5.41) is 0. The lowest BCUT2D eigenvalue weighted by atomic mass is 10.0. The molecule has 0 aromatic carbocycles. The van der Waals surface area contributed by atoms with Crippen LogP contribution in [0.4, 0.5) is 0 Å². The van der Waals surface area contributed by atoms with Gasteiger partial charge in [0.25, 0.3) is 0 Å². The Balaban J connectivity index is 3.75. The van der Waals surface area contributed by atoms with Crippen LogP contribution in [0, 0.1) is 5.92 Å². The first-order chi connectivity index (χ1) is 6.06. The molecular weight excluding hydrogens is 158 g/mol. The van der Waals surface area contributed by atoms with Crippen LogP contribution in [-0.4, -0.2) is 0 Å². The topological polar surface area (TPSA) is 26.0 Å². The van der Waals surface area contributed by atoms with E-state index in [9.17, 15) is 0 Å². The quantitative estimate of drug-likeness (QED) is 0.644. The van der Waals surface area contributed by atoms with Crippen LogP contribution in [0.1, 0.15) is 47.0 Å². The third-order valence-corrected chi connectivity index (χ3v) is 2.08. The molecule has 0 saturated carbocycles. The zero-order valence-electron chi connectivity index (χ0n) is 9.43. The normalized spacial score (nSPS) is 14.0. The Bertz CT molecular complexity index is 185. The first kappa shape index (κ1) is 12.3. The standard InChI is InChI=1S/C12H23N/c1-5-12(13)9-11(4)8-6-7-10(2)3/h7,9,11H,5-6,8,13H2,1-4H3/b12-9+/t11-/m1/s1. The molecule has 0 bridgehead atoms. The molecule has 0 radical (unpaired) electrons. The van der Waals surface area contributed by atoms with E-state index in [1.807, 2.05) is 0 Å². The molecule has 0 aromatic rings. The van der Waals surface area contributed by atoms with Crippen molar-refractivity contribution in [3.63, 3.8) is 0 Å². The second-order valence-electron chi connectivity index (χ2n) is 3.93. The van der Waals surface area contributed by atoms with Crippen LogP contribution in [0.3, 0.4) is 0 Å². The van der Waals surface area contributed by atoms with Crippen LogP contribution < -0.4 is 5.73 Å².